The van der Waals surface area contributed by atoms with Crippen LogP contribution in [-0.4, -0.2) is 10.9 Å². The highest BCUT2D eigenvalue weighted by atomic mass is 35.5. The SMILES string of the molecule is CC(NC(=O)c1csc(COc2ccc(Cl)cc2)n1)c1ccccc1. The Kier molecular flexibility index (Phi) is 5.68. The molecule has 0 aliphatic heterocycles. The topological polar surface area (TPSA) is 51.2 Å². The molecule has 0 saturated heterocycles. The van der Waals surface area contributed by atoms with Crippen LogP contribution in [0.15, 0.2) is 60.0 Å². The van der Waals surface area contributed by atoms with E-state index >= 15 is 0 Å². The lowest BCUT2D eigenvalue weighted by molar-refractivity contribution is 0.0935. The number of hydrogen-bond donors (Lipinski definition) is 1. The van der Waals surface area contributed by atoms with Gasteiger partial charge >= 0.3 is 0 Å². The van der Waals surface area contributed by atoms with Crippen molar-refractivity contribution in [1.29, 1.82) is 0 Å². The highest BCUT2D eigenvalue weighted by Gasteiger charge is 2.14. The molecule has 25 heavy (non-hydrogen) atoms. The Bertz CT molecular complexity index is 834. The van der Waals surface area contributed by atoms with Crippen LogP contribution in [-0.2, 0) is 6.61 Å². The van der Waals surface area contributed by atoms with E-state index in [4.69, 9.17) is 16.3 Å². The van der Waals surface area contributed by atoms with Crippen LogP contribution < -0.4 is 10.1 Å². The predicted octanol–water partition coefficient (Wildman–Crippen LogP) is 4.87. The molecule has 6 heteroatoms. The summed E-state index contributed by atoms with van der Waals surface area (Å²) in [6, 6.07) is 16.9. The quantitative estimate of drug-likeness (QED) is 0.671. The average molecular weight is 373 g/mol. The summed E-state index contributed by atoms with van der Waals surface area (Å²) in [6.07, 6.45) is 0. The van der Waals surface area contributed by atoms with Crippen LogP contribution in [0.3, 0.4) is 0 Å². The van der Waals surface area contributed by atoms with Crippen molar-refractivity contribution in [3.63, 3.8) is 0 Å². The Hall–Kier alpha value is -2.37. The second-order valence-electron chi connectivity index (χ2n) is 5.47. The summed E-state index contributed by atoms with van der Waals surface area (Å²) in [5.74, 6) is 0.522. The molecule has 0 radical (unpaired) electrons. The number of benzene rings is 2. The van der Waals surface area contributed by atoms with Gasteiger partial charge in [0, 0.05) is 10.4 Å². The van der Waals surface area contributed by atoms with E-state index in [0.717, 1.165) is 10.6 Å². The fourth-order valence-electron chi connectivity index (χ4n) is 2.25. The summed E-state index contributed by atoms with van der Waals surface area (Å²) < 4.78 is 5.65. The maximum Gasteiger partial charge on any atom is 0.271 e. The monoisotopic (exact) mass is 372 g/mol. The standard InChI is InChI=1S/C19H17ClN2O2S/c1-13(14-5-3-2-4-6-14)21-19(23)17-12-25-18(22-17)11-24-16-9-7-15(20)8-10-16/h2-10,12-13H,11H2,1H3,(H,21,23). The van der Waals surface area contributed by atoms with Gasteiger partial charge in [-0.05, 0) is 36.8 Å². The molecule has 0 saturated carbocycles. The number of carbonyl (C=O) groups excluding carboxylic acids is 1. The summed E-state index contributed by atoms with van der Waals surface area (Å²) in [5, 5.41) is 6.10. The third-order valence-corrected chi connectivity index (χ3v) is 4.68. The van der Waals surface area contributed by atoms with Crippen molar-refractivity contribution in [2.75, 3.05) is 0 Å². The van der Waals surface area contributed by atoms with Crippen molar-refractivity contribution < 1.29 is 9.53 Å². The van der Waals surface area contributed by atoms with E-state index in [2.05, 4.69) is 10.3 Å². The summed E-state index contributed by atoms with van der Waals surface area (Å²) >= 11 is 7.24. The van der Waals surface area contributed by atoms with E-state index in [1.165, 1.54) is 11.3 Å². The molecule has 1 N–H and O–H groups in total. The smallest absolute Gasteiger partial charge is 0.271 e. The van der Waals surface area contributed by atoms with Gasteiger partial charge < -0.3 is 10.1 Å². The molecular weight excluding hydrogens is 356 g/mol. The number of amides is 1. The Morgan fingerprint density at radius 1 is 1.20 bits per heavy atom. The molecule has 0 bridgehead atoms. The number of hydrogen-bond acceptors (Lipinski definition) is 4. The molecule has 128 valence electrons. The minimum absolute atomic E-state index is 0.0795. The Labute approximate surface area is 155 Å². The van der Waals surface area contributed by atoms with Gasteiger partial charge in [-0.1, -0.05) is 41.9 Å². The Morgan fingerprint density at radius 2 is 1.92 bits per heavy atom. The third-order valence-electron chi connectivity index (χ3n) is 3.61. The van der Waals surface area contributed by atoms with E-state index in [-0.39, 0.29) is 11.9 Å². The summed E-state index contributed by atoms with van der Waals surface area (Å²) in [4.78, 5) is 16.7. The highest BCUT2D eigenvalue weighted by molar-refractivity contribution is 7.09. The number of nitrogens with zero attached hydrogens (tertiary/aromatic N) is 1. The number of carbonyl (C=O) groups is 1. The zero-order valence-corrected chi connectivity index (χ0v) is 15.2. The second kappa shape index (κ2) is 8.14. The van der Waals surface area contributed by atoms with Crippen LogP contribution in [0.2, 0.25) is 5.02 Å². The number of ether oxygens (including phenoxy) is 1. The number of halogens is 1. The first-order valence-electron chi connectivity index (χ1n) is 7.80. The third kappa shape index (κ3) is 4.81. The van der Waals surface area contributed by atoms with Crippen LogP contribution in [0.4, 0.5) is 0 Å². The molecular formula is C19H17ClN2O2S. The lowest BCUT2D eigenvalue weighted by atomic mass is 10.1. The molecule has 3 aromatic rings. The summed E-state index contributed by atoms with van der Waals surface area (Å²) in [6.45, 7) is 2.26. The maximum absolute atomic E-state index is 12.3. The fraction of sp³-hybridized carbons (Fsp3) is 0.158. The van der Waals surface area contributed by atoms with Crippen molar-refractivity contribution in [1.82, 2.24) is 10.3 Å². The van der Waals surface area contributed by atoms with Crippen molar-refractivity contribution in [3.8, 4) is 5.75 Å². The van der Waals surface area contributed by atoms with Crippen LogP contribution >= 0.6 is 22.9 Å². The minimum Gasteiger partial charge on any atom is -0.486 e. The first-order valence-corrected chi connectivity index (χ1v) is 9.06. The normalized spacial score (nSPS) is 11.8. The minimum atomic E-state index is -0.189. The lowest BCUT2D eigenvalue weighted by Gasteiger charge is -2.13. The zero-order chi connectivity index (χ0) is 17.6. The van der Waals surface area contributed by atoms with Crippen molar-refractivity contribution in [3.05, 3.63) is 81.3 Å². The highest BCUT2D eigenvalue weighted by Crippen LogP contribution is 2.19. The molecule has 1 unspecified atom stereocenters. The summed E-state index contributed by atoms with van der Waals surface area (Å²) in [5.41, 5.74) is 1.46. The number of rotatable bonds is 6. The van der Waals surface area contributed by atoms with Crippen LogP contribution in [0.25, 0.3) is 0 Å². The van der Waals surface area contributed by atoms with Crippen LogP contribution in [0, 0.1) is 0 Å². The molecule has 1 atom stereocenters. The van der Waals surface area contributed by atoms with Crippen LogP contribution in [0.1, 0.15) is 34.0 Å². The second-order valence-corrected chi connectivity index (χ2v) is 6.85. The molecule has 1 aromatic heterocycles. The molecule has 4 nitrogen and oxygen atoms in total. The first kappa shape index (κ1) is 17.5. The summed E-state index contributed by atoms with van der Waals surface area (Å²) in [7, 11) is 0. The van der Waals surface area contributed by atoms with Gasteiger partial charge in [0.1, 0.15) is 23.1 Å². The van der Waals surface area contributed by atoms with Crippen molar-refractivity contribution in [2.45, 2.75) is 19.6 Å². The number of aromatic nitrogens is 1. The maximum atomic E-state index is 12.3. The largest absolute Gasteiger partial charge is 0.486 e. The Balaban J connectivity index is 1.57. The van der Waals surface area contributed by atoms with Gasteiger partial charge in [-0.3, -0.25) is 4.79 Å². The van der Waals surface area contributed by atoms with E-state index in [1.54, 1.807) is 29.6 Å². The van der Waals surface area contributed by atoms with Gasteiger partial charge in [-0.25, -0.2) is 4.98 Å². The predicted molar refractivity (Wildman–Crippen MR) is 100 cm³/mol. The van der Waals surface area contributed by atoms with E-state index in [1.807, 2.05) is 37.3 Å². The number of nitrogens with one attached hydrogen (secondary N) is 1. The van der Waals surface area contributed by atoms with Gasteiger partial charge in [-0.2, -0.15) is 0 Å². The molecule has 0 fully saturated rings. The molecule has 1 heterocycles. The van der Waals surface area contributed by atoms with E-state index in [0.29, 0.717) is 23.1 Å². The first-order chi connectivity index (χ1) is 12.1. The van der Waals surface area contributed by atoms with Crippen LogP contribution in [0.5, 0.6) is 5.75 Å². The van der Waals surface area contributed by atoms with E-state index in [9.17, 15) is 4.79 Å². The van der Waals surface area contributed by atoms with Gasteiger partial charge in [0.25, 0.3) is 5.91 Å². The molecule has 2 aromatic carbocycles. The van der Waals surface area contributed by atoms with E-state index < -0.39 is 0 Å². The zero-order valence-electron chi connectivity index (χ0n) is 13.6. The molecule has 1 amide bonds. The van der Waals surface area contributed by atoms with Gasteiger partial charge in [0.2, 0.25) is 0 Å². The molecule has 0 spiro atoms. The molecule has 0 aliphatic carbocycles. The molecule has 3 rings (SSSR count). The van der Waals surface area contributed by atoms with Gasteiger partial charge in [0.05, 0.1) is 6.04 Å². The molecule has 0 aliphatic rings. The van der Waals surface area contributed by atoms with Gasteiger partial charge in [-0.15, -0.1) is 11.3 Å². The Morgan fingerprint density at radius 3 is 2.64 bits per heavy atom. The average Bonchev–Trinajstić information content (AvgIpc) is 3.11. The van der Waals surface area contributed by atoms with Crippen molar-refractivity contribution >= 4 is 28.8 Å². The van der Waals surface area contributed by atoms with Crippen molar-refractivity contribution in [2.24, 2.45) is 0 Å². The fourth-order valence-corrected chi connectivity index (χ4v) is 3.06. The lowest BCUT2D eigenvalue weighted by Crippen LogP contribution is -2.26. The number of thiazole rings is 1. The van der Waals surface area contributed by atoms with Gasteiger partial charge in [0.15, 0.2) is 0 Å².